The molecular weight excluding hydrogens is 252 g/mol. The van der Waals surface area contributed by atoms with Gasteiger partial charge in [0.05, 0.1) is 0 Å². The molecule has 118 valence electrons. The van der Waals surface area contributed by atoms with Crippen molar-refractivity contribution in [3.05, 3.63) is 0 Å². The smallest absolute Gasteiger partial charge is 0.323 e. The third-order valence-corrected chi connectivity index (χ3v) is 4.67. The zero-order valence-electron chi connectivity index (χ0n) is 13.5. The summed E-state index contributed by atoms with van der Waals surface area (Å²) in [6.45, 7) is 10.3. The lowest BCUT2D eigenvalue weighted by molar-refractivity contribution is -0.145. The van der Waals surface area contributed by atoms with Crippen LogP contribution in [-0.4, -0.2) is 47.7 Å². The van der Waals surface area contributed by atoms with Crippen molar-refractivity contribution in [2.45, 2.75) is 64.8 Å². The molecule has 0 aromatic rings. The van der Waals surface area contributed by atoms with Crippen LogP contribution in [0, 0.1) is 5.92 Å². The number of rotatable bonds is 10. The minimum Gasteiger partial charge on any atom is -0.480 e. The molecule has 2 N–H and O–H groups in total. The molecule has 1 heterocycles. The molecule has 2 atom stereocenters. The Labute approximate surface area is 123 Å². The van der Waals surface area contributed by atoms with Gasteiger partial charge in [0.15, 0.2) is 0 Å². The van der Waals surface area contributed by atoms with Crippen LogP contribution < -0.4 is 5.32 Å². The number of aliphatic carboxylic acids is 1. The number of carboxylic acid groups (broad SMARTS) is 1. The third-order valence-electron chi connectivity index (χ3n) is 4.67. The van der Waals surface area contributed by atoms with Gasteiger partial charge in [0.1, 0.15) is 5.54 Å². The highest BCUT2D eigenvalue weighted by atomic mass is 16.4. The number of hydrogen-bond donors (Lipinski definition) is 2. The summed E-state index contributed by atoms with van der Waals surface area (Å²) in [5.41, 5.74) is -0.725. The highest BCUT2D eigenvalue weighted by Crippen LogP contribution is 2.23. The second-order valence-corrected chi connectivity index (χ2v) is 6.12. The molecule has 1 fully saturated rings. The first kappa shape index (κ1) is 17.4. The molecule has 0 saturated carbocycles. The molecule has 1 aliphatic heterocycles. The third kappa shape index (κ3) is 4.74. The second-order valence-electron chi connectivity index (χ2n) is 6.12. The topological polar surface area (TPSA) is 52.6 Å². The van der Waals surface area contributed by atoms with Gasteiger partial charge in [0, 0.05) is 6.54 Å². The first-order valence-electron chi connectivity index (χ1n) is 8.28. The fraction of sp³-hybridized carbons (Fsp3) is 0.938. The van der Waals surface area contributed by atoms with E-state index >= 15 is 0 Å². The van der Waals surface area contributed by atoms with E-state index in [2.05, 4.69) is 17.1 Å². The van der Waals surface area contributed by atoms with Crippen molar-refractivity contribution in [1.29, 1.82) is 0 Å². The van der Waals surface area contributed by atoms with Crippen molar-refractivity contribution in [3.63, 3.8) is 0 Å². The van der Waals surface area contributed by atoms with Crippen LogP contribution in [0.2, 0.25) is 0 Å². The SMILES string of the molecule is CCCC1CCN(CCCC(CC)(NCC)C(=O)O)C1. The van der Waals surface area contributed by atoms with E-state index in [9.17, 15) is 9.90 Å². The Morgan fingerprint density at radius 3 is 2.70 bits per heavy atom. The van der Waals surface area contributed by atoms with E-state index < -0.39 is 11.5 Å². The van der Waals surface area contributed by atoms with E-state index in [1.54, 1.807) is 0 Å². The van der Waals surface area contributed by atoms with E-state index in [1.807, 2.05) is 13.8 Å². The fourth-order valence-corrected chi connectivity index (χ4v) is 3.43. The summed E-state index contributed by atoms with van der Waals surface area (Å²) in [6, 6.07) is 0. The minimum atomic E-state index is -0.725. The van der Waals surface area contributed by atoms with Crippen molar-refractivity contribution >= 4 is 5.97 Å². The zero-order chi connectivity index (χ0) is 15.0. The zero-order valence-corrected chi connectivity index (χ0v) is 13.5. The first-order valence-corrected chi connectivity index (χ1v) is 8.28. The lowest BCUT2D eigenvalue weighted by atomic mass is 9.90. The van der Waals surface area contributed by atoms with Gasteiger partial charge in [-0.05, 0) is 57.7 Å². The van der Waals surface area contributed by atoms with Gasteiger partial charge in [-0.25, -0.2) is 0 Å². The van der Waals surface area contributed by atoms with Gasteiger partial charge in [-0.3, -0.25) is 4.79 Å². The minimum absolute atomic E-state index is 0.647. The number of carbonyl (C=O) groups is 1. The predicted molar refractivity (Wildman–Crippen MR) is 83.0 cm³/mol. The monoisotopic (exact) mass is 284 g/mol. The molecule has 20 heavy (non-hydrogen) atoms. The van der Waals surface area contributed by atoms with Crippen molar-refractivity contribution in [1.82, 2.24) is 10.2 Å². The van der Waals surface area contributed by atoms with Crippen LogP contribution in [0.15, 0.2) is 0 Å². The van der Waals surface area contributed by atoms with Crippen LogP contribution in [0.4, 0.5) is 0 Å². The Kier molecular flexibility index (Phi) is 7.52. The number of hydrogen-bond acceptors (Lipinski definition) is 3. The Hall–Kier alpha value is -0.610. The summed E-state index contributed by atoms with van der Waals surface area (Å²) < 4.78 is 0. The van der Waals surface area contributed by atoms with E-state index in [0.29, 0.717) is 13.0 Å². The highest BCUT2D eigenvalue weighted by Gasteiger charge is 2.35. The molecule has 0 amide bonds. The molecule has 2 unspecified atom stereocenters. The normalized spacial score (nSPS) is 22.9. The maximum atomic E-state index is 11.5. The largest absolute Gasteiger partial charge is 0.480 e. The van der Waals surface area contributed by atoms with Gasteiger partial charge in [-0.1, -0.05) is 27.2 Å². The summed E-state index contributed by atoms with van der Waals surface area (Å²) in [6.07, 6.45) is 6.26. The van der Waals surface area contributed by atoms with Gasteiger partial charge in [0.2, 0.25) is 0 Å². The summed E-state index contributed by atoms with van der Waals surface area (Å²) in [4.78, 5) is 14.0. The molecule has 0 aromatic heterocycles. The number of likely N-dealkylation sites (tertiary alicyclic amines) is 1. The van der Waals surface area contributed by atoms with Gasteiger partial charge >= 0.3 is 5.97 Å². The van der Waals surface area contributed by atoms with Crippen molar-refractivity contribution < 1.29 is 9.90 Å². The van der Waals surface area contributed by atoms with E-state index in [-0.39, 0.29) is 0 Å². The van der Waals surface area contributed by atoms with Gasteiger partial charge < -0.3 is 15.3 Å². The Morgan fingerprint density at radius 1 is 1.40 bits per heavy atom. The van der Waals surface area contributed by atoms with Crippen LogP contribution in [0.1, 0.15) is 59.3 Å². The Balaban J connectivity index is 2.36. The maximum Gasteiger partial charge on any atom is 0.323 e. The Bertz CT molecular complexity index is 296. The second kappa shape index (κ2) is 8.63. The van der Waals surface area contributed by atoms with Crippen molar-refractivity contribution in [2.75, 3.05) is 26.2 Å². The van der Waals surface area contributed by atoms with Crippen LogP contribution in [0.25, 0.3) is 0 Å². The average molecular weight is 284 g/mol. The summed E-state index contributed by atoms with van der Waals surface area (Å²) in [7, 11) is 0. The molecule has 0 aliphatic carbocycles. The van der Waals surface area contributed by atoms with Crippen molar-refractivity contribution in [2.24, 2.45) is 5.92 Å². The number of nitrogens with zero attached hydrogens (tertiary/aromatic N) is 1. The number of nitrogens with one attached hydrogen (secondary N) is 1. The summed E-state index contributed by atoms with van der Waals surface area (Å²) in [5, 5.41) is 12.7. The number of carboxylic acids is 1. The molecule has 1 aliphatic rings. The molecule has 0 spiro atoms. The van der Waals surface area contributed by atoms with Gasteiger partial charge in [0.25, 0.3) is 0 Å². The van der Waals surface area contributed by atoms with Crippen LogP contribution in [0.3, 0.4) is 0 Å². The fourth-order valence-electron chi connectivity index (χ4n) is 3.43. The predicted octanol–water partition coefficient (Wildman–Crippen LogP) is 2.73. The molecule has 0 aromatic carbocycles. The molecule has 0 radical (unpaired) electrons. The lowest BCUT2D eigenvalue weighted by Crippen LogP contribution is -2.51. The standard InChI is InChI=1S/C16H32N2O2/c1-4-8-14-9-12-18(13-14)11-7-10-16(5-2,15(19)20)17-6-3/h14,17H,4-13H2,1-3H3,(H,19,20). The lowest BCUT2D eigenvalue weighted by Gasteiger charge is -2.30. The van der Waals surface area contributed by atoms with E-state index in [4.69, 9.17) is 0 Å². The molecule has 1 rings (SSSR count). The Morgan fingerprint density at radius 2 is 2.15 bits per heavy atom. The quantitative estimate of drug-likeness (QED) is 0.647. The van der Waals surface area contributed by atoms with Crippen LogP contribution >= 0.6 is 0 Å². The highest BCUT2D eigenvalue weighted by molar-refractivity contribution is 5.78. The van der Waals surface area contributed by atoms with Crippen LogP contribution in [0.5, 0.6) is 0 Å². The maximum absolute atomic E-state index is 11.5. The number of likely N-dealkylation sites (N-methyl/N-ethyl adjacent to an activating group) is 1. The molecule has 1 saturated heterocycles. The van der Waals surface area contributed by atoms with Crippen molar-refractivity contribution in [3.8, 4) is 0 Å². The van der Waals surface area contributed by atoms with Gasteiger partial charge in [-0.15, -0.1) is 0 Å². The first-order chi connectivity index (χ1) is 9.57. The molecule has 4 heteroatoms. The van der Waals surface area contributed by atoms with Gasteiger partial charge in [-0.2, -0.15) is 0 Å². The van der Waals surface area contributed by atoms with E-state index in [0.717, 1.165) is 25.3 Å². The molecule has 4 nitrogen and oxygen atoms in total. The molecule has 0 bridgehead atoms. The van der Waals surface area contributed by atoms with Crippen LogP contribution in [-0.2, 0) is 4.79 Å². The summed E-state index contributed by atoms with van der Waals surface area (Å²) >= 11 is 0. The molecular formula is C16H32N2O2. The average Bonchev–Trinajstić information content (AvgIpc) is 2.85. The van der Waals surface area contributed by atoms with E-state index in [1.165, 1.54) is 32.4 Å². The summed E-state index contributed by atoms with van der Waals surface area (Å²) in [5.74, 6) is 0.163.